The number of nitriles is 1. The van der Waals surface area contributed by atoms with E-state index in [-0.39, 0.29) is 12.1 Å². The predicted octanol–water partition coefficient (Wildman–Crippen LogP) is 5.39. The van der Waals surface area contributed by atoms with Crippen LogP contribution >= 0.6 is 11.6 Å². The molecule has 138 valence electrons. The van der Waals surface area contributed by atoms with Gasteiger partial charge in [0.05, 0.1) is 17.7 Å². The number of nitrogens with zero attached hydrogens (tertiary/aromatic N) is 2. The highest BCUT2D eigenvalue weighted by molar-refractivity contribution is 6.30. The number of carbonyl (C=O) groups excluding carboxylic acids is 1. The fraction of sp³-hybridized carbons (Fsp3) is 0.130. The second-order valence-corrected chi connectivity index (χ2v) is 7.16. The first kappa shape index (κ1) is 18.1. The van der Waals surface area contributed by atoms with E-state index in [0.717, 1.165) is 17.5 Å². The van der Waals surface area contributed by atoms with E-state index in [1.54, 1.807) is 24.3 Å². The second-order valence-electron chi connectivity index (χ2n) is 6.72. The van der Waals surface area contributed by atoms with Crippen molar-refractivity contribution in [2.45, 2.75) is 12.5 Å². The van der Waals surface area contributed by atoms with Gasteiger partial charge in [-0.3, -0.25) is 0 Å². The number of rotatable bonds is 2. The van der Waals surface area contributed by atoms with Gasteiger partial charge < -0.3 is 10.2 Å². The predicted molar refractivity (Wildman–Crippen MR) is 110 cm³/mol. The molecule has 1 aliphatic heterocycles. The minimum atomic E-state index is -0.193. The van der Waals surface area contributed by atoms with Crippen molar-refractivity contribution in [2.75, 3.05) is 11.9 Å². The van der Waals surface area contributed by atoms with Crippen LogP contribution in [0, 0.1) is 11.3 Å². The van der Waals surface area contributed by atoms with Gasteiger partial charge in [-0.2, -0.15) is 5.26 Å². The molecule has 5 heteroatoms. The van der Waals surface area contributed by atoms with Crippen LogP contribution in [0.15, 0.2) is 72.8 Å². The van der Waals surface area contributed by atoms with E-state index in [1.165, 1.54) is 5.56 Å². The van der Waals surface area contributed by atoms with Crippen molar-refractivity contribution >= 4 is 23.3 Å². The van der Waals surface area contributed by atoms with Crippen LogP contribution in [-0.4, -0.2) is 17.5 Å². The highest BCUT2D eigenvalue weighted by atomic mass is 35.5. The summed E-state index contributed by atoms with van der Waals surface area (Å²) in [7, 11) is 0. The minimum Gasteiger partial charge on any atom is -0.313 e. The third-order valence-corrected chi connectivity index (χ3v) is 5.22. The third-order valence-electron chi connectivity index (χ3n) is 4.97. The molecule has 0 saturated heterocycles. The molecular weight excluding hydrogens is 370 g/mol. The van der Waals surface area contributed by atoms with Gasteiger partial charge in [0.25, 0.3) is 0 Å². The van der Waals surface area contributed by atoms with Crippen LogP contribution in [0.3, 0.4) is 0 Å². The number of hydrogen-bond donors (Lipinski definition) is 1. The zero-order valence-electron chi connectivity index (χ0n) is 15.1. The van der Waals surface area contributed by atoms with Gasteiger partial charge >= 0.3 is 6.03 Å². The minimum absolute atomic E-state index is 0.190. The number of hydrogen-bond acceptors (Lipinski definition) is 2. The van der Waals surface area contributed by atoms with E-state index in [0.29, 0.717) is 22.8 Å². The van der Waals surface area contributed by atoms with Crippen molar-refractivity contribution in [3.05, 3.63) is 100 Å². The number of nitrogens with one attached hydrogen (secondary N) is 1. The molecule has 3 aromatic rings. The molecule has 1 atom stereocenters. The van der Waals surface area contributed by atoms with E-state index in [9.17, 15) is 4.79 Å². The Kier molecular flexibility index (Phi) is 5.01. The van der Waals surface area contributed by atoms with Gasteiger partial charge in [-0.1, -0.05) is 54.1 Å². The van der Waals surface area contributed by atoms with Crippen LogP contribution in [0.25, 0.3) is 0 Å². The molecule has 4 rings (SSSR count). The maximum absolute atomic E-state index is 13.1. The fourth-order valence-electron chi connectivity index (χ4n) is 3.65. The van der Waals surface area contributed by atoms with E-state index < -0.39 is 0 Å². The number of fused-ring (bicyclic) bond motifs is 1. The molecule has 0 radical (unpaired) electrons. The summed E-state index contributed by atoms with van der Waals surface area (Å²) in [6.07, 6.45) is 0.798. The molecular formula is C23H18ClN3O. The molecule has 0 aliphatic carbocycles. The SMILES string of the molecule is N#Cc1cccc(NC(=O)N2CCc3ccccc3[C@H]2c2ccc(Cl)cc2)c1. The Bertz CT molecular complexity index is 1060. The summed E-state index contributed by atoms with van der Waals surface area (Å²) in [5.74, 6) is 0. The number of anilines is 1. The quantitative estimate of drug-likeness (QED) is 0.640. The highest BCUT2D eigenvalue weighted by Gasteiger charge is 2.32. The van der Waals surface area contributed by atoms with E-state index in [4.69, 9.17) is 16.9 Å². The highest BCUT2D eigenvalue weighted by Crippen LogP contribution is 2.36. The first-order chi connectivity index (χ1) is 13.7. The van der Waals surface area contributed by atoms with Crippen LogP contribution in [0.2, 0.25) is 5.02 Å². The number of amides is 2. The molecule has 1 aliphatic rings. The van der Waals surface area contributed by atoms with Crippen LogP contribution in [0.1, 0.15) is 28.3 Å². The fourth-order valence-corrected chi connectivity index (χ4v) is 3.78. The standard InChI is InChI=1S/C23H18ClN3O/c24-19-10-8-18(9-11-19)22-21-7-2-1-5-17(21)12-13-27(22)23(28)26-20-6-3-4-16(14-20)15-25/h1-11,14,22H,12-13H2,(H,26,28)/t22-/m1/s1. The second kappa shape index (κ2) is 7.75. The lowest BCUT2D eigenvalue weighted by molar-refractivity contribution is 0.194. The molecule has 0 fully saturated rings. The van der Waals surface area contributed by atoms with Gasteiger partial charge in [-0.25, -0.2) is 4.79 Å². The van der Waals surface area contributed by atoms with Crippen LogP contribution in [0.5, 0.6) is 0 Å². The monoisotopic (exact) mass is 387 g/mol. The lowest BCUT2D eigenvalue weighted by atomic mass is 9.88. The summed E-state index contributed by atoms with van der Waals surface area (Å²) in [6, 6.07) is 24.5. The Hall–Kier alpha value is -3.29. The number of benzene rings is 3. The van der Waals surface area contributed by atoms with Gasteiger partial charge in [0, 0.05) is 17.3 Å². The molecule has 0 spiro atoms. The molecule has 4 nitrogen and oxygen atoms in total. The number of halogens is 1. The lowest BCUT2D eigenvalue weighted by Gasteiger charge is -2.37. The topological polar surface area (TPSA) is 56.1 Å². The Morgan fingerprint density at radius 2 is 1.86 bits per heavy atom. The zero-order chi connectivity index (χ0) is 19.5. The van der Waals surface area contributed by atoms with Crippen LogP contribution in [0.4, 0.5) is 10.5 Å². The molecule has 0 bridgehead atoms. The average molecular weight is 388 g/mol. The maximum Gasteiger partial charge on any atom is 0.322 e. The van der Waals surface area contributed by atoms with Gasteiger partial charge in [0.2, 0.25) is 0 Å². The van der Waals surface area contributed by atoms with Crippen molar-refractivity contribution in [1.82, 2.24) is 4.90 Å². The molecule has 1 heterocycles. The summed E-state index contributed by atoms with van der Waals surface area (Å²) >= 11 is 6.07. The van der Waals surface area contributed by atoms with E-state index in [1.807, 2.05) is 41.3 Å². The Morgan fingerprint density at radius 3 is 2.64 bits per heavy atom. The van der Waals surface area contributed by atoms with Crippen molar-refractivity contribution in [3.63, 3.8) is 0 Å². The van der Waals surface area contributed by atoms with Crippen molar-refractivity contribution in [2.24, 2.45) is 0 Å². The Morgan fingerprint density at radius 1 is 1.07 bits per heavy atom. The molecule has 2 amide bonds. The van der Waals surface area contributed by atoms with Gasteiger partial charge in [-0.15, -0.1) is 0 Å². The zero-order valence-corrected chi connectivity index (χ0v) is 15.9. The third kappa shape index (κ3) is 3.58. The average Bonchev–Trinajstić information content (AvgIpc) is 2.73. The van der Waals surface area contributed by atoms with Gasteiger partial charge in [0.1, 0.15) is 0 Å². The summed E-state index contributed by atoms with van der Waals surface area (Å²) < 4.78 is 0. The normalized spacial score (nSPS) is 15.4. The smallest absolute Gasteiger partial charge is 0.313 e. The van der Waals surface area contributed by atoms with Crippen LogP contribution < -0.4 is 5.32 Å². The molecule has 1 N–H and O–H groups in total. The summed E-state index contributed by atoms with van der Waals surface area (Å²) in [5.41, 5.74) is 4.50. The Balaban J connectivity index is 1.69. The van der Waals surface area contributed by atoms with E-state index in [2.05, 4.69) is 23.5 Å². The first-order valence-corrected chi connectivity index (χ1v) is 9.44. The first-order valence-electron chi connectivity index (χ1n) is 9.07. The summed E-state index contributed by atoms with van der Waals surface area (Å²) in [4.78, 5) is 15.0. The molecule has 0 aromatic heterocycles. The summed E-state index contributed by atoms with van der Waals surface area (Å²) in [6.45, 7) is 0.605. The molecule has 0 unspecified atom stereocenters. The number of carbonyl (C=O) groups is 1. The molecule has 3 aromatic carbocycles. The van der Waals surface area contributed by atoms with Crippen molar-refractivity contribution in [3.8, 4) is 6.07 Å². The van der Waals surface area contributed by atoms with E-state index >= 15 is 0 Å². The van der Waals surface area contributed by atoms with Crippen molar-refractivity contribution in [1.29, 1.82) is 5.26 Å². The Labute approximate surface area is 169 Å². The summed E-state index contributed by atoms with van der Waals surface area (Å²) in [5, 5.41) is 12.7. The largest absolute Gasteiger partial charge is 0.322 e. The van der Waals surface area contributed by atoms with Crippen LogP contribution in [-0.2, 0) is 6.42 Å². The van der Waals surface area contributed by atoms with Gasteiger partial charge in [0.15, 0.2) is 0 Å². The van der Waals surface area contributed by atoms with Gasteiger partial charge in [-0.05, 0) is 53.4 Å². The molecule has 28 heavy (non-hydrogen) atoms. The lowest BCUT2D eigenvalue weighted by Crippen LogP contribution is -2.43. The maximum atomic E-state index is 13.1. The number of urea groups is 1. The van der Waals surface area contributed by atoms with Crippen molar-refractivity contribution < 1.29 is 4.79 Å². The molecule has 0 saturated carbocycles.